The van der Waals surface area contributed by atoms with Crippen LogP contribution in [0.4, 0.5) is 5.69 Å². The van der Waals surface area contributed by atoms with Crippen molar-refractivity contribution >= 4 is 17.6 Å². The molecule has 3 N–H and O–H groups in total. The van der Waals surface area contributed by atoms with Gasteiger partial charge in [0.25, 0.3) is 0 Å². The second kappa shape index (κ2) is 8.17. The number of nitrogens with two attached hydrogens (primary N) is 1. The molecule has 0 unspecified atom stereocenters. The Morgan fingerprint density at radius 1 is 1.58 bits per heavy atom. The maximum atomic E-state index is 11.7. The van der Waals surface area contributed by atoms with Crippen LogP contribution in [0.1, 0.15) is 6.42 Å². The van der Waals surface area contributed by atoms with Crippen LogP contribution < -0.4 is 15.7 Å². The lowest BCUT2D eigenvalue weighted by atomic mass is 10.2. The molecule has 1 rings (SSSR count). The van der Waals surface area contributed by atoms with E-state index in [4.69, 9.17) is 4.74 Å². The summed E-state index contributed by atoms with van der Waals surface area (Å²) in [7, 11) is 1.52. The number of carbonyl (C=O) groups excluding carboxylic acids is 2. The Labute approximate surface area is 111 Å². The highest BCUT2D eigenvalue weighted by Gasteiger charge is 2.18. The van der Waals surface area contributed by atoms with Gasteiger partial charge in [-0.1, -0.05) is 0 Å². The molecule has 19 heavy (non-hydrogen) atoms. The molecule has 0 spiro atoms. The van der Waals surface area contributed by atoms with E-state index in [2.05, 4.69) is 10.3 Å². The van der Waals surface area contributed by atoms with Crippen LogP contribution in [-0.2, 0) is 14.3 Å². The first kappa shape index (κ1) is 15.1. The van der Waals surface area contributed by atoms with E-state index in [-0.39, 0.29) is 6.42 Å². The molecule has 0 saturated carbocycles. The summed E-state index contributed by atoms with van der Waals surface area (Å²) in [5.41, 5.74) is 0.529. The average Bonchev–Trinajstić information content (AvgIpc) is 2.38. The van der Waals surface area contributed by atoms with Crippen molar-refractivity contribution in [3.8, 4) is 0 Å². The van der Waals surface area contributed by atoms with E-state index in [1.165, 1.54) is 18.6 Å². The summed E-state index contributed by atoms with van der Waals surface area (Å²) in [6.45, 7) is 0.864. The summed E-state index contributed by atoms with van der Waals surface area (Å²) >= 11 is 0. The molecule has 104 valence electrons. The number of quaternary nitrogens is 1. The fraction of sp³-hybridized carbons (Fsp3) is 0.417. The fourth-order valence-corrected chi connectivity index (χ4v) is 1.50. The summed E-state index contributed by atoms with van der Waals surface area (Å²) in [4.78, 5) is 26.4. The summed E-state index contributed by atoms with van der Waals surface area (Å²) < 4.78 is 4.82. The first-order chi connectivity index (χ1) is 9.13. The fourth-order valence-electron chi connectivity index (χ4n) is 1.50. The highest BCUT2D eigenvalue weighted by atomic mass is 16.5. The predicted molar refractivity (Wildman–Crippen MR) is 64.9 cm³/mol. The molecule has 0 aliphatic carbocycles. The summed E-state index contributed by atoms with van der Waals surface area (Å²) in [5, 5.41) is 15.0. The van der Waals surface area contributed by atoms with Crippen molar-refractivity contribution in [3.05, 3.63) is 24.5 Å². The van der Waals surface area contributed by atoms with Gasteiger partial charge in [-0.2, -0.15) is 0 Å². The summed E-state index contributed by atoms with van der Waals surface area (Å²) in [5.74, 6) is -1.66. The third kappa shape index (κ3) is 5.94. The number of amides is 1. The molecule has 1 heterocycles. The summed E-state index contributed by atoms with van der Waals surface area (Å²) in [6.07, 6.45) is 2.90. The summed E-state index contributed by atoms with van der Waals surface area (Å²) in [6, 6.07) is 2.43. The SMILES string of the molecule is COCC[NH2+][C@H](CC(=O)Nc1cccnc1)C(=O)[O-]. The number of nitrogens with zero attached hydrogens (tertiary/aromatic N) is 1. The van der Waals surface area contributed by atoms with Crippen LogP contribution in [0, 0.1) is 0 Å². The van der Waals surface area contributed by atoms with Gasteiger partial charge in [-0.15, -0.1) is 0 Å². The van der Waals surface area contributed by atoms with E-state index in [1.54, 1.807) is 18.3 Å². The van der Waals surface area contributed by atoms with Crippen LogP contribution in [0.3, 0.4) is 0 Å². The number of hydrogen-bond donors (Lipinski definition) is 2. The number of methoxy groups -OCH3 is 1. The lowest BCUT2D eigenvalue weighted by molar-refractivity contribution is -0.683. The van der Waals surface area contributed by atoms with Crippen molar-refractivity contribution in [1.82, 2.24) is 4.98 Å². The molecule has 1 amide bonds. The Kier molecular flexibility index (Phi) is 6.48. The molecule has 0 radical (unpaired) electrons. The molecule has 0 aliphatic rings. The van der Waals surface area contributed by atoms with Crippen LogP contribution in [0.2, 0.25) is 0 Å². The molecule has 7 nitrogen and oxygen atoms in total. The third-order valence-corrected chi connectivity index (χ3v) is 2.43. The molecular weight excluding hydrogens is 250 g/mol. The Hall–Kier alpha value is -1.99. The van der Waals surface area contributed by atoms with Crippen molar-refractivity contribution in [2.75, 3.05) is 25.6 Å². The minimum atomic E-state index is -1.27. The number of hydrogen-bond acceptors (Lipinski definition) is 5. The van der Waals surface area contributed by atoms with Gasteiger partial charge in [0.1, 0.15) is 6.04 Å². The zero-order chi connectivity index (χ0) is 14.1. The monoisotopic (exact) mass is 267 g/mol. The van der Waals surface area contributed by atoms with Crippen molar-refractivity contribution < 1.29 is 24.7 Å². The molecule has 0 saturated heterocycles. The number of ether oxygens (including phenoxy) is 1. The van der Waals surface area contributed by atoms with E-state index >= 15 is 0 Å². The number of nitrogens with one attached hydrogen (secondary N) is 1. The van der Waals surface area contributed by atoms with E-state index < -0.39 is 17.9 Å². The second-order valence-electron chi connectivity index (χ2n) is 3.94. The van der Waals surface area contributed by atoms with Crippen LogP contribution in [0.5, 0.6) is 0 Å². The average molecular weight is 267 g/mol. The number of aliphatic carboxylic acids is 1. The van der Waals surface area contributed by atoms with Gasteiger partial charge in [-0.3, -0.25) is 9.78 Å². The van der Waals surface area contributed by atoms with Gasteiger partial charge in [0.05, 0.1) is 37.4 Å². The van der Waals surface area contributed by atoms with Gasteiger partial charge in [0, 0.05) is 13.3 Å². The Morgan fingerprint density at radius 2 is 2.37 bits per heavy atom. The van der Waals surface area contributed by atoms with E-state index in [0.29, 0.717) is 18.8 Å². The van der Waals surface area contributed by atoms with Crippen LogP contribution >= 0.6 is 0 Å². The van der Waals surface area contributed by atoms with Crippen molar-refractivity contribution in [2.45, 2.75) is 12.5 Å². The molecule has 0 bridgehead atoms. The molecule has 0 fully saturated rings. The Bertz CT molecular complexity index is 411. The first-order valence-corrected chi connectivity index (χ1v) is 5.86. The zero-order valence-electron chi connectivity index (χ0n) is 10.7. The number of anilines is 1. The minimum Gasteiger partial charge on any atom is -0.544 e. The number of aromatic nitrogens is 1. The van der Waals surface area contributed by atoms with Gasteiger partial charge in [0.2, 0.25) is 5.91 Å². The molecule has 0 aromatic carbocycles. The van der Waals surface area contributed by atoms with Crippen LogP contribution in [0.25, 0.3) is 0 Å². The molecule has 1 aromatic heterocycles. The largest absolute Gasteiger partial charge is 0.544 e. The van der Waals surface area contributed by atoms with E-state index in [9.17, 15) is 14.7 Å². The normalized spacial score (nSPS) is 11.8. The van der Waals surface area contributed by atoms with Gasteiger partial charge in [0.15, 0.2) is 0 Å². The number of carbonyl (C=O) groups is 2. The van der Waals surface area contributed by atoms with Crippen LogP contribution in [0.15, 0.2) is 24.5 Å². The highest BCUT2D eigenvalue weighted by Crippen LogP contribution is 2.03. The number of carboxylic acid groups (broad SMARTS) is 1. The maximum absolute atomic E-state index is 11.7. The number of pyridine rings is 1. The Balaban J connectivity index is 2.45. The molecule has 1 aromatic rings. The van der Waals surface area contributed by atoms with Gasteiger partial charge >= 0.3 is 0 Å². The van der Waals surface area contributed by atoms with Crippen LogP contribution in [-0.4, -0.2) is 43.2 Å². The highest BCUT2D eigenvalue weighted by molar-refractivity contribution is 5.93. The topological polar surface area (TPSA) is 108 Å². The van der Waals surface area contributed by atoms with Gasteiger partial charge in [-0.05, 0) is 12.1 Å². The minimum absolute atomic E-state index is 0.166. The number of rotatable bonds is 8. The van der Waals surface area contributed by atoms with Crippen molar-refractivity contribution in [2.24, 2.45) is 0 Å². The van der Waals surface area contributed by atoms with E-state index in [0.717, 1.165) is 0 Å². The number of carboxylic acids is 1. The van der Waals surface area contributed by atoms with E-state index in [1.807, 2.05) is 0 Å². The van der Waals surface area contributed by atoms with Crippen molar-refractivity contribution in [3.63, 3.8) is 0 Å². The third-order valence-electron chi connectivity index (χ3n) is 2.43. The molecular formula is C12H17N3O4. The lowest BCUT2D eigenvalue weighted by Crippen LogP contribution is -2.94. The standard InChI is InChI=1S/C12H17N3O4/c1-19-6-5-14-10(12(17)18)7-11(16)15-9-3-2-4-13-8-9/h2-4,8,10,14H,5-7H2,1H3,(H,15,16)(H,17,18)/t10-/m1/s1. The predicted octanol–water partition coefficient (Wildman–Crippen LogP) is -2.26. The quantitative estimate of drug-likeness (QED) is 0.517. The Morgan fingerprint density at radius 3 is 2.95 bits per heavy atom. The van der Waals surface area contributed by atoms with Crippen molar-refractivity contribution in [1.29, 1.82) is 0 Å². The first-order valence-electron chi connectivity index (χ1n) is 5.86. The zero-order valence-corrected chi connectivity index (χ0v) is 10.7. The van der Waals surface area contributed by atoms with Gasteiger partial charge in [-0.25, -0.2) is 0 Å². The molecule has 1 atom stereocenters. The lowest BCUT2D eigenvalue weighted by Gasteiger charge is -2.16. The molecule has 0 aliphatic heterocycles. The second-order valence-corrected chi connectivity index (χ2v) is 3.94. The maximum Gasteiger partial charge on any atom is 0.230 e. The van der Waals surface area contributed by atoms with Gasteiger partial charge < -0.3 is 25.3 Å². The molecule has 7 heteroatoms. The smallest absolute Gasteiger partial charge is 0.230 e.